The minimum absolute atomic E-state index is 0.480. The van der Waals surface area contributed by atoms with E-state index in [0.717, 1.165) is 23.3 Å². The van der Waals surface area contributed by atoms with Crippen molar-refractivity contribution in [2.45, 2.75) is 32.7 Å². The standard InChI is InChI=1S/C15H22ClNO/c1-12-7-9-17(10-8-12)13(2)11-18-15-5-3-14(16)4-6-15/h3-6,12-13H,7-11H2,1-2H3. The number of halogens is 1. The summed E-state index contributed by atoms with van der Waals surface area (Å²) in [5, 5.41) is 0.750. The van der Waals surface area contributed by atoms with E-state index in [2.05, 4.69) is 18.7 Å². The highest BCUT2D eigenvalue weighted by atomic mass is 35.5. The molecule has 2 nitrogen and oxygen atoms in total. The average molecular weight is 268 g/mol. The van der Waals surface area contributed by atoms with Gasteiger partial charge < -0.3 is 4.74 Å². The minimum Gasteiger partial charge on any atom is -0.492 e. The Balaban J connectivity index is 1.77. The van der Waals surface area contributed by atoms with Gasteiger partial charge in [-0.15, -0.1) is 0 Å². The highest BCUT2D eigenvalue weighted by Crippen LogP contribution is 2.19. The van der Waals surface area contributed by atoms with Gasteiger partial charge in [-0.3, -0.25) is 4.90 Å². The van der Waals surface area contributed by atoms with Crippen LogP contribution < -0.4 is 4.74 Å². The first-order valence-corrected chi connectivity index (χ1v) is 7.15. The zero-order chi connectivity index (χ0) is 13.0. The maximum atomic E-state index is 5.85. The third kappa shape index (κ3) is 3.89. The Hall–Kier alpha value is -0.730. The molecule has 2 rings (SSSR count). The maximum absolute atomic E-state index is 5.85. The molecular weight excluding hydrogens is 246 g/mol. The number of hydrogen-bond donors (Lipinski definition) is 0. The SMILES string of the molecule is CC1CCN(C(C)COc2ccc(Cl)cc2)CC1. The van der Waals surface area contributed by atoms with Crippen LogP contribution in [0.5, 0.6) is 5.75 Å². The van der Waals surface area contributed by atoms with Crippen LogP contribution in [0.1, 0.15) is 26.7 Å². The number of hydrogen-bond acceptors (Lipinski definition) is 2. The lowest BCUT2D eigenvalue weighted by Crippen LogP contribution is -2.42. The highest BCUT2D eigenvalue weighted by Gasteiger charge is 2.20. The largest absolute Gasteiger partial charge is 0.492 e. The van der Waals surface area contributed by atoms with Crippen molar-refractivity contribution in [3.05, 3.63) is 29.3 Å². The van der Waals surface area contributed by atoms with Crippen LogP contribution >= 0.6 is 11.6 Å². The van der Waals surface area contributed by atoms with Gasteiger partial charge in [-0.1, -0.05) is 18.5 Å². The predicted octanol–water partition coefficient (Wildman–Crippen LogP) is 3.84. The molecule has 1 saturated heterocycles. The van der Waals surface area contributed by atoms with E-state index in [1.54, 1.807) is 0 Å². The monoisotopic (exact) mass is 267 g/mol. The van der Waals surface area contributed by atoms with E-state index in [1.807, 2.05) is 24.3 Å². The van der Waals surface area contributed by atoms with Crippen LogP contribution in [0.4, 0.5) is 0 Å². The van der Waals surface area contributed by atoms with Crippen LogP contribution in [0.3, 0.4) is 0 Å². The maximum Gasteiger partial charge on any atom is 0.119 e. The Morgan fingerprint density at radius 3 is 2.50 bits per heavy atom. The van der Waals surface area contributed by atoms with Gasteiger partial charge in [0.25, 0.3) is 0 Å². The first-order chi connectivity index (χ1) is 8.65. The summed E-state index contributed by atoms with van der Waals surface area (Å²) < 4.78 is 5.80. The summed E-state index contributed by atoms with van der Waals surface area (Å²) in [7, 11) is 0. The van der Waals surface area contributed by atoms with Crippen molar-refractivity contribution in [1.82, 2.24) is 4.90 Å². The van der Waals surface area contributed by atoms with Crippen LogP contribution in [0, 0.1) is 5.92 Å². The second kappa shape index (κ2) is 6.44. The van der Waals surface area contributed by atoms with E-state index in [0.29, 0.717) is 6.04 Å². The predicted molar refractivity (Wildman–Crippen MR) is 76.4 cm³/mol. The molecule has 0 amide bonds. The second-order valence-electron chi connectivity index (χ2n) is 5.33. The van der Waals surface area contributed by atoms with Gasteiger partial charge in [0, 0.05) is 11.1 Å². The molecule has 0 bridgehead atoms. The van der Waals surface area contributed by atoms with Crippen LogP contribution in [-0.4, -0.2) is 30.6 Å². The van der Waals surface area contributed by atoms with Crippen molar-refractivity contribution in [2.24, 2.45) is 5.92 Å². The smallest absolute Gasteiger partial charge is 0.119 e. The van der Waals surface area contributed by atoms with E-state index in [-0.39, 0.29) is 0 Å². The molecule has 1 aliphatic heterocycles. The summed E-state index contributed by atoms with van der Waals surface area (Å²) in [4.78, 5) is 2.52. The molecule has 0 spiro atoms. The molecule has 0 saturated carbocycles. The first kappa shape index (κ1) is 13.7. The third-order valence-corrected chi connectivity index (χ3v) is 4.00. The fourth-order valence-corrected chi connectivity index (χ4v) is 2.45. The topological polar surface area (TPSA) is 12.5 Å². The van der Waals surface area contributed by atoms with Gasteiger partial charge in [-0.05, 0) is 63.0 Å². The Labute approximate surface area is 115 Å². The van der Waals surface area contributed by atoms with Crippen molar-refractivity contribution < 1.29 is 4.74 Å². The lowest BCUT2D eigenvalue weighted by atomic mass is 9.98. The van der Waals surface area contributed by atoms with E-state index < -0.39 is 0 Å². The van der Waals surface area contributed by atoms with Crippen LogP contribution in [-0.2, 0) is 0 Å². The molecular formula is C15H22ClNO. The van der Waals surface area contributed by atoms with Gasteiger partial charge in [0.2, 0.25) is 0 Å². The highest BCUT2D eigenvalue weighted by molar-refractivity contribution is 6.30. The molecule has 1 atom stereocenters. The normalized spacial score (nSPS) is 19.7. The lowest BCUT2D eigenvalue weighted by molar-refractivity contribution is 0.108. The molecule has 1 unspecified atom stereocenters. The fraction of sp³-hybridized carbons (Fsp3) is 0.600. The van der Waals surface area contributed by atoms with Crippen molar-refractivity contribution in [3.8, 4) is 5.75 Å². The molecule has 1 heterocycles. The molecule has 0 N–H and O–H groups in total. The van der Waals surface area contributed by atoms with Gasteiger partial charge >= 0.3 is 0 Å². The summed E-state index contributed by atoms with van der Waals surface area (Å²) in [6, 6.07) is 8.06. The van der Waals surface area contributed by atoms with Gasteiger partial charge in [-0.2, -0.15) is 0 Å². The number of ether oxygens (including phenoxy) is 1. The Bertz CT molecular complexity index is 357. The number of rotatable bonds is 4. The van der Waals surface area contributed by atoms with Gasteiger partial charge in [-0.25, -0.2) is 0 Å². The quantitative estimate of drug-likeness (QED) is 0.822. The molecule has 1 aromatic carbocycles. The number of piperidine rings is 1. The van der Waals surface area contributed by atoms with E-state index in [1.165, 1.54) is 25.9 Å². The van der Waals surface area contributed by atoms with Crippen LogP contribution in [0.15, 0.2) is 24.3 Å². The first-order valence-electron chi connectivity index (χ1n) is 6.77. The van der Waals surface area contributed by atoms with Gasteiger partial charge in [0.1, 0.15) is 12.4 Å². The molecule has 1 fully saturated rings. The second-order valence-corrected chi connectivity index (χ2v) is 5.77. The van der Waals surface area contributed by atoms with Crippen molar-refractivity contribution >= 4 is 11.6 Å². The van der Waals surface area contributed by atoms with Crippen LogP contribution in [0.2, 0.25) is 5.02 Å². The zero-order valence-corrected chi connectivity index (χ0v) is 12.0. The molecule has 1 aliphatic rings. The Kier molecular flexibility index (Phi) is 4.90. The molecule has 18 heavy (non-hydrogen) atoms. The number of benzene rings is 1. The van der Waals surface area contributed by atoms with E-state index in [9.17, 15) is 0 Å². The van der Waals surface area contributed by atoms with Crippen molar-refractivity contribution in [3.63, 3.8) is 0 Å². The average Bonchev–Trinajstić information content (AvgIpc) is 2.38. The van der Waals surface area contributed by atoms with Crippen molar-refractivity contribution in [1.29, 1.82) is 0 Å². The fourth-order valence-electron chi connectivity index (χ4n) is 2.32. The molecule has 1 aromatic rings. The molecule has 0 aromatic heterocycles. The van der Waals surface area contributed by atoms with Crippen LogP contribution in [0.25, 0.3) is 0 Å². The minimum atomic E-state index is 0.480. The summed E-state index contributed by atoms with van der Waals surface area (Å²) in [6.07, 6.45) is 2.62. The van der Waals surface area contributed by atoms with Gasteiger partial charge in [0.15, 0.2) is 0 Å². The zero-order valence-electron chi connectivity index (χ0n) is 11.2. The summed E-state index contributed by atoms with van der Waals surface area (Å²) in [6.45, 7) is 7.73. The third-order valence-electron chi connectivity index (χ3n) is 3.75. The Morgan fingerprint density at radius 2 is 1.89 bits per heavy atom. The van der Waals surface area contributed by atoms with E-state index in [4.69, 9.17) is 16.3 Å². The summed E-state index contributed by atoms with van der Waals surface area (Å²) in [5.74, 6) is 1.78. The summed E-state index contributed by atoms with van der Waals surface area (Å²) >= 11 is 5.85. The molecule has 3 heteroatoms. The van der Waals surface area contributed by atoms with Gasteiger partial charge in [0.05, 0.1) is 0 Å². The number of likely N-dealkylation sites (tertiary alicyclic amines) is 1. The Morgan fingerprint density at radius 1 is 1.28 bits per heavy atom. The number of nitrogens with zero attached hydrogens (tertiary/aromatic N) is 1. The van der Waals surface area contributed by atoms with E-state index >= 15 is 0 Å². The molecule has 100 valence electrons. The summed E-state index contributed by atoms with van der Waals surface area (Å²) in [5.41, 5.74) is 0. The molecule has 0 aliphatic carbocycles. The lowest BCUT2D eigenvalue weighted by Gasteiger charge is -2.34. The molecule has 0 radical (unpaired) electrons. The van der Waals surface area contributed by atoms with Crippen molar-refractivity contribution in [2.75, 3.05) is 19.7 Å².